The topological polar surface area (TPSA) is 75.6 Å². The number of ether oxygens (including phenoxy) is 1. The maximum Gasteiger partial charge on any atom is 0.328 e. The summed E-state index contributed by atoms with van der Waals surface area (Å²) >= 11 is 0. The molecule has 19 heavy (non-hydrogen) atoms. The van der Waals surface area contributed by atoms with Gasteiger partial charge in [0.05, 0.1) is 12.8 Å². The summed E-state index contributed by atoms with van der Waals surface area (Å²) in [6.07, 6.45) is 3.68. The third-order valence-corrected chi connectivity index (χ3v) is 2.39. The van der Waals surface area contributed by atoms with Crippen LogP contribution in [0.15, 0.2) is 24.3 Å². The second-order valence-corrected chi connectivity index (χ2v) is 3.93. The van der Waals surface area contributed by atoms with Gasteiger partial charge < -0.3 is 15.2 Å². The van der Waals surface area contributed by atoms with Crippen molar-refractivity contribution in [1.29, 1.82) is 0 Å². The Labute approximate surface area is 111 Å². The summed E-state index contributed by atoms with van der Waals surface area (Å²) in [5.41, 5.74) is 1.21. The summed E-state index contributed by atoms with van der Waals surface area (Å²) in [6.45, 7) is 1.92. The fourth-order valence-corrected chi connectivity index (χ4v) is 1.53. The number of carboxylic acids is 1. The molecule has 0 unspecified atom stereocenters. The van der Waals surface area contributed by atoms with Gasteiger partial charge in [0.25, 0.3) is 0 Å². The van der Waals surface area contributed by atoms with Crippen LogP contribution in [0.3, 0.4) is 0 Å². The van der Waals surface area contributed by atoms with Gasteiger partial charge in [0.1, 0.15) is 5.75 Å². The lowest BCUT2D eigenvalue weighted by atomic mass is 10.1. The highest BCUT2D eigenvalue weighted by Gasteiger charge is 2.07. The van der Waals surface area contributed by atoms with Gasteiger partial charge in [0.2, 0.25) is 5.91 Å². The van der Waals surface area contributed by atoms with E-state index < -0.39 is 5.97 Å². The number of amides is 1. The van der Waals surface area contributed by atoms with Crippen molar-refractivity contribution in [2.45, 2.75) is 19.8 Å². The highest BCUT2D eigenvalue weighted by molar-refractivity contribution is 5.93. The molecule has 0 aliphatic heterocycles. The molecule has 0 bridgehead atoms. The summed E-state index contributed by atoms with van der Waals surface area (Å²) in [6, 6.07) is 5.07. The van der Waals surface area contributed by atoms with Crippen molar-refractivity contribution in [2.24, 2.45) is 0 Å². The SMILES string of the molecule is CCCC(=O)Nc1cc(/C=C\C(=O)O)ccc1OC. The lowest BCUT2D eigenvalue weighted by Crippen LogP contribution is -2.11. The van der Waals surface area contributed by atoms with Gasteiger partial charge in [0.15, 0.2) is 0 Å². The minimum absolute atomic E-state index is 0.0971. The molecule has 0 aromatic heterocycles. The number of aliphatic carboxylic acids is 1. The number of carboxylic acid groups (broad SMARTS) is 1. The molecule has 1 rings (SSSR count). The van der Waals surface area contributed by atoms with Gasteiger partial charge in [-0.2, -0.15) is 0 Å². The molecule has 0 saturated carbocycles. The second-order valence-electron chi connectivity index (χ2n) is 3.93. The summed E-state index contributed by atoms with van der Waals surface area (Å²) in [5, 5.41) is 11.3. The van der Waals surface area contributed by atoms with E-state index in [1.807, 2.05) is 6.92 Å². The first-order valence-corrected chi connectivity index (χ1v) is 5.95. The van der Waals surface area contributed by atoms with Crippen LogP contribution in [-0.2, 0) is 9.59 Å². The minimum atomic E-state index is -1.02. The molecular formula is C14H17NO4. The summed E-state index contributed by atoms with van der Waals surface area (Å²) < 4.78 is 5.15. The number of hydrogen-bond acceptors (Lipinski definition) is 3. The molecular weight excluding hydrogens is 246 g/mol. The number of nitrogens with one attached hydrogen (secondary N) is 1. The quantitative estimate of drug-likeness (QED) is 0.773. The van der Waals surface area contributed by atoms with Crippen LogP contribution in [0.2, 0.25) is 0 Å². The molecule has 5 nitrogen and oxygen atoms in total. The number of hydrogen-bond donors (Lipinski definition) is 2. The van der Waals surface area contributed by atoms with E-state index in [1.54, 1.807) is 18.2 Å². The Morgan fingerprint density at radius 2 is 2.16 bits per heavy atom. The summed E-state index contributed by atoms with van der Waals surface area (Å²) in [7, 11) is 1.51. The van der Waals surface area contributed by atoms with Crippen LogP contribution in [0, 0.1) is 0 Å². The Bertz CT molecular complexity index is 494. The molecule has 2 N–H and O–H groups in total. The first-order valence-electron chi connectivity index (χ1n) is 5.95. The van der Waals surface area contributed by atoms with Crippen molar-refractivity contribution in [3.8, 4) is 5.75 Å². The standard InChI is InChI=1S/C14H17NO4/c1-3-4-13(16)15-11-9-10(6-8-14(17)18)5-7-12(11)19-2/h5-9H,3-4H2,1-2H3,(H,15,16)(H,17,18)/b8-6-. The molecule has 0 atom stereocenters. The Hall–Kier alpha value is -2.30. The number of carbonyl (C=O) groups excluding carboxylic acids is 1. The Kier molecular flexibility index (Phi) is 5.60. The maximum atomic E-state index is 11.6. The first kappa shape index (κ1) is 14.8. The van der Waals surface area contributed by atoms with Crippen LogP contribution >= 0.6 is 0 Å². The lowest BCUT2D eigenvalue weighted by Gasteiger charge is -2.10. The fourth-order valence-electron chi connectivity index (χ4n) is 1.53. The first-order chi connectivity index (χ1) is 9.06. The summed E-state index contributed by atoms with van der Waals surface area (Å²) in [4.78, 5) is 22.0. The average Bonchev–Trinajstić information content (AvgIpc) is 2.36. The van der Waals surface area contributed by atoms with Gasteiger partial charge in [-0.05, 0) is 30.2 Å². The highest BCUT2D eigenvalue weighted by atomic mass is 16.5. The highest BCUT2D eigenvalue weighted by Crippen LogP contribution is 2.26. The van der Waals surface area contributed by atoms with Crippen molar-refractivity contribution in [3.05, 3.63) is 29.8 Å². The van der Waals surface area contributed by atoms with Crippen molar-refractivity contribution < 1.29 is 19.4 Å². The van der Waals surface area contributed by atoms with Crippen molar-refractivity contribution in [1.82, 2.24) is 0 Å². The predicted octanol–water partition coefficient (Wildman–Crippen LogP) is 2.53. The van der Waals surface area contributed by atoms with E-state index in [0.717, 1.165) is 12.5 Å². The third kappa shape index (κ3) is 4.83. The smallest absolute Gasteiger partial charge is 0.328 e. The molecule has 0 aliphatic carbocycles. The van der Waals surface area contributed by atoms with Crippen LogP contribution in [-0.4, -0.2) is 24.1 Å². The van der Waals surface area contributed by atoms with Gasteiger partial charge in [-0.1, -0.05) is 13.0 Å². The zero-order valence-corrected chi connectivity index (χ0v) is 11.0. The van der Waals surface area contributed by atoms with Crippen LogP contribution < -0.4 is 10.1 Å². The van der Waals surface area contributed by atoms with E-state index in [4.69, 9.17) is 9.84 Å². The zero-order chi connectivity index (χ0) is 14.3. The van der Waals surface area contributed by atoms with Crippen LogP contribution in [0.5, 0.6) is 5.75 Å². The molecule has 0 saturated heterocycles. The van der Waals surface area contributed by atoms with E-state index in [9.17, 15) is 9.59 Å². The molecule has 0 spiro atoms. The molecule has 5 heteroatoms. The molecule has 1 amide bonds. The maximum absolute atomic E-state index is 11.6. The van der Waals surface area contributed by atoms with Crippen molar-refractivity contribution in [2.75, 3.05) is 12.4 Å². The fraction of sp³-hybridized carbons (Fsp3) is 0.286. The minimum Gasteiger partial charge on any atom is -0.495 e. The van der Waals surface area contributed by atoms with E-state index in [-0.39, 0.29) is 5.91 Å². The van der Waals surface area contributed by atoms with Gasteiger partial charge in [-0.25, -0.2) is 4.79 Å². The Morgan fingerprint density at radius 1 is 1.42 bits per heavy atom. The van der Waals surface area contributed by atoms with Crippen LogP contribution in [0.25, 0.3) is 6.08 Å². The lowest BCUT2D eigenvalue weighted by molar-refractivity contribution is -0.131. The second kappa shape index (κ2) is 7.20. The van der Waals surface area contributed by atoms with Crippen LogP contribution in [0.4, 0.5) is 5.69 Å². The zero-order valence-electron chi connectivity index (χ0n) is 11.0. The number of rotatable bonds is 6. The molecule has 0 fully saturated rings. The van der Waals surface area contributed by atoms with Gasteiger partial charge in [-0.3, -0.25) is 4.79 Å². The number of anilines is 1. The average molecular weight is 263 g/mol. The molecule has 0 heterocycles. The molecule has 0 radical (unpaired) electrons. The number of benzene rings is 1. The Balaban J connectivity index is 2.95. The molecule has 0 aliphatic rings. The van der Waals surface area contributed by atoms with Gasteiger partial charge >= 0.3 is 5.97 Å². The monoisotopic (exact) mass is 263 g/mol. The van der Waals surface area contributed by atoms with Crippen molar-refractivity contribution in [3.63, 3.8) is 0 Å². The van der Waals surface area contributed by atoms with Crippen LogP contribution in [0.1, 0.15) is 25.3 Å². The normalized spacial score (nSPS) is 10.4. The Morgan fingerprint density at radius 3 is 2.74 bits per heavy atom. The van der Waals surface area contributed by atoms with Crippen molar-refractivity contribution >= 4 is 23.6 Å². The molecule has 102 valence electrons. The van der Waals surface area contributed by atoms with Gasteiger partial charge in [0, 0.05) is 12.5 Å². The predicted molar refractivity (Wildman–Crippen MR) is 73.2 cm³/mol. The summed E-state index contributed by atoms with van der Waals surface area (Å²) in [5.74, 6) is -0.579. The third-order valence-electron chi connectivity index (χ3n) is 2.39. The van der Waals surface area contributed by atoms with Gasteiger partial charge in [-0.15, -0.1) is 0 Å². The van der Waals surface area contributed by atoms with E-state index in [1.165, 1.54) is 13.2 Å². The van der Waals surface area contributed by atoms with E-state index in [2.05, 4.69) is 5.32 Å². The van der Waals surface area contributed by atoms with E-state index in [0.29, 0.717) is 23.4 Å². The molecule has 1 aromatic carbocycles. The van der Waals surface area contributed by atoms with E-state index >= 15 is 0 Å². The number of carbonyl (C=O) groups is 2. The largest absolute Gasteiger partial charge is 0.495 e. The number of methoxy groups -OCH3 is 1. The molecule has 1 aromatic rings.